The molecule has 0 radical (unpaired) electrons. The number of nitrogens with zero attached hydrogens (tertiary/aromatic N) is 3. The van der Waals surface area contributed by atoms with Crippen LogP contribution in [0.1, 0.15) is 38.3 Å². The van der Waals surface area contributed by atoms with Gasteiger partial charge in [-0.25, -0.2) is 9.78 Å². The molecule has 14 nitrogen and oxygen atoms in total. The highest BCUT2D eigenvalue weighted by Crippen LogP contribution is 2.19. The fraction of sp³-hybridized carbons (Fsp3) is 0.600. The number of nitrogens with one attached hydrogen (secondary N) is 3. The van der Waals surface area contributed by atoms with Crippen LogP contribution in [0.25, 0.3) is 0 Å². The Morgan fingerprint density at radius 3 is 2.68 bits per heavy atom. The van der Waals surface area contributed by atoms with E-state index in [0.717, 1.165) is 0 Å². The number of carboxylic acid groups (broad SMARTS) is 1. The van der Waals surface area contributed by atoms with Gasteiger partial charge in [-0.05, 0) is 32.6 Å². The van der Waals surface area contributed by atoms with Gasteiger partial charge in [-0.2, -0.15) is 0 Å². The summed E-state index contributed by atoms with van der Waals surface area (Å²) in [6, 6.07) is -3.77. The summed E-state index contributed by atoms with van der Waals surface area (Å²) >= 11 is 0. The minimum atomic E-state index is -1.19. The third kappa shape index (κ3) is 7.72. The quantitative estimate of drug-likeness (QED) is 0.0943. The van der Waals surface area contributed by atoms with E-state index in [2.05, 4.69) is 25.6 Å². The van der Waals surface area contributed by atoms with Crippen molar-refractivity contribution in [3.8, 4) is 0 Å². The third-order valence-corrected chi connectivity index (χ3v) is 5.46. The van der Waals surface area contributed by atoms with E-state index >= 15 is 0 Å². The van der Waals surface area contributed by atoms with Crippen molar-refractivity contribution in [3.05, 3.63) is 18.2 Å². The number of rotatable bonds is 12. The van der Waals surface area contributed by atoms with Crippen LogP contribution in [0.4, 0.5) is 0 Å². The molecular weight excluding hydrogens is 446 g/mol. The van der Waals surface area contributed by atoms with Gasteiger partial charge < -0.3 is 42.8 Å². The molecular formula is C20H33N9O5. The predicted octanol–water partition coefficient (Wildman–Crippen LogP) is -2.60. The summed E-state index contributed by atoms with van der Waals surface area (Å²) in [6.07, 6.45) is 4.69. The molecule has 0 aromatic carbocycles. The molecule has 0 bridgehead atoms. The number of carboxylic acids is 1. The summed E-state index contributed by atoms with van der Waals surface area (Å²) in [6.45, 7) is 2.06. The number of aromatic amines is 1. The highest BCUT2D eigenvalue weighted by Gasteiger charge is 2.37. The van der Waals surface area contributed by atoms with Crippen LogP contribution in [0, 0.1) is 0 Å². The van der Waals surface area contributed by atoms with Gasteiger partial charge in [-0.3, -0.25) is 19.4 Å². The number of guanidine groups is 1. The number of hydrogen-bond acceptors (Lipinski definition) is 7. The molecule has 1 fully saturated rings. The summed E-state index contributed by atoms with van der Waals surface area (Å²) in [5.74, 6) is -2.81. The molecule has 34 heavy (non-hydrogen) atoms. The number of amides is 3. The number of likely N-dealkylation sites (tertiary alicyclic amines) is 1. The smallest absolute Gasteiger partial charge is 0.326 e. The summed E-state index contributed by atoms with van der Waals surface area (Å²) in [4.78, 5) is 61.6. The van der Waals surface area contributed by atoms with Crippen LogP contribution >= 0.6 is 0 Å². The number of hydrogen-bond donors (Lipinski definition) is 7. The van der Waals surface area contributed by atoms with Crippen LogP contribution in [0.15, 0.2) is 17.5 Å². The van der Waals surface area contributed by atoms with Gasteiger partial charge in [0.05, 0.1) is 12.4 Å². The average molecular weight is 480 g/mol. The molecule has 3 amide bonds. The molecule has 2 rings (SSSR count). The van der Waals surface area contributed by atoms with Crippen molar-refractivity contribution in [1.29, 1.82) is 0 Å². The van der Waals surface area contributed by atoms with Crippen LogP contribution in [-0.2, 0) is 25.6 Å². The Hall–Kier alpha value is -3.68. The lowest BCUT2D eigenvalue weighted by atomic mass is 10.1. The van der Waals surface area contributed by atoms with E-state index in [4.69, 9.17) is 17.2 Å². The Kier molecular flexibility index (Phi) is 9.79. The van der Waals surface area contributed by atoms with Gasteiger partial charge in [0, 0.05) is 31.4 Å². The van der Waals surface area contributed by atoms with Crippen molar-refractivity contribution in [1.82, 2.24) is 25.5 Å². The fourth-order valence-electron chi connectivity index (χ4n) is 3.69. The van der Waals surface area contributed by atoms with E-state index in [0.29, 0.717) is 31.5 Å². The lowest BCUT2D eigenvalue weighted by Crippen LogP contribution is -2.56. The second kappa shape index (κ2) is 12.5. The molecule has 4 atom stereocenters. The number of nitrogens with two attached hydrogens (primary N) is 3. The first-order valence-electron chi connectivity index (χ1n) is 11.0. The Balaban J connectivity index is 1.91. The van der Waals surface area contributed by atoms with E-state index in [-0.39, 0.29) is 25.3 Å². The van der Waals surface area contributed by atoms with Crippen LogP contribution in [0.3, 0.4) is 0 Å². The molecule has 188 valence electrons. The topological polar surface area (TPSA) is 235 Å². The van der Waals surface area contributed by atoms with E-state index < -0.39 is 47.9 Å². The van der Waals surface area contributed by atoms with Crippen molar-refractivity contribution in [2.45, 2.75) is 63.2 Å². The maximum Gasteiger partial charge on any atom is 0.326 e. The zero-order chi connectivity index (χ0) is 25.3. The van der Waals surface area contributed by atoms with Gasteiger partial charge in [0.1, 0.15) is 18.1 Å². The first-order chi connectivity index (χ1) is 16.1. The van der Waals surface area contributed by atoms with Crippen molar-refractivity contribution in [2.75, 3.05) is 13.1 Å². The summed E-state index contributed by atoms with van der Waals surface area (Å²) in [7, 11) is 0. The number of aliphatic imine (C=N–C) groups is 1. The van der Waals surface area contributed by atoms with E-state index in [9.17, 15) is 24.3 Å². The van der Waals surface area contributed by atoms with Crippen molar-refractivity contribution >= 4 is 29.7 Å². The minimum Gasteiger partial charge on any atom is -0.480 e. The van der Waals surface area contributed by atoms with Gasteiger partial charge in [0.25, 0.3) is 0 Å². The molecule has 14 heteroatoms. The molecule has 1 aromatic rings. The fourth-order valence-corrected chi connectivity index (χ4v) is 3.69. The lowest BCUT2D eigenvalue weighted by Gasteiger charge is -2.28. The molecule has 10 N–H and O–H groups in total. The zero-order valence-corrected chi connectivity index (χ0v) is 19.1. The molecule has 4 unspecified atom stereocenters. The van der Waals surface area contributed by atoms with Crippen molar-refractivity contribution in [3.63, 3.8) is 0 Å². The second-order valence-electron chi connectivity index (χ2n) is 8.16. The number of aliphatic carboxylic acids is 1. The molecule has 1 aliphatic heterocycles. The summed E-state index contributed by atoms with van der Waals surface area (Å²) in [5.41, 5.74) is 17.1. The lowest BCUT2D eigenvalue weighted by molar-refractivity contribution is -0.144. The maximum atomic E-state index is 12.9. The number of carbonyl (C=O) groups excluding carboxylic acids is 3. The Bertz CT molecular complexity index is 885. The van der Waals surface area contributed by atoms with Gasteiger partial charge in [0.15, 0.2) is 5.96 Å². The van der Waals surface area contributed by atoms with Crippen LogP contribution in [-0.4, -0.2) is 86.9 Å². The summed E-state index contributed by atoms with van der Waals surface area (Å²) in [5, 5.41) is 14.5. The molecule has 0 saturated carbocycles. The van der Waals surface area contributed by atoms with Crippen LogP contribution in [0.2, 0.25) is 0 Å². The Morgan fingerprint density at radius 1 is 1.32 bits per heavy atom. The third-order valence-electron chi connectivity index (χ3n) is 5.46. The zero-order valence-electron chi connectivity index (χ0n) is 19.1. The SMILES string of the molecule is CC(NC(=O)C(N)Cc1cnc[nH]1)C(=O)N1CCCC1C(=O)NC(CCCN=C(N)N)C(=O)O. The Morgan fingerprint density at radius 2 is 2.06 bits per heavy atom. The maximum absolute atomic E-state index is 12.9. The molecule has 1 saturated heterocycles. The number of imidazole rings is 1. The van der Waals surface area contributed by atoms with Gasteiger partial charge in [0.2, 0.25) is 17.7 Å². The normalized spacial score (nSPS) is 17.9. The Labute approximate surface area is 196 Å². The molecule has 2 heterocycles. The highest BCUT2D eigenvalue weighted by molar-refractivity contribution is 5.94. The average Bonchev–Trinajstić information content (AvgIpc) is 3.46. The van der Waals surface area contributed by atoms with E-state index in [1.165, 1.54) is 18.2 Å². The molecule has 1 aromatic heterocycles. The predicted molar refractivity (Wildman–Crippen MR) is 122 cm³/mol. The van der Waals surface area contributed by atoms with E-state index in [1.54, 1.807) is 6.20 Å². The largest absolute Gasteiger partial charge is 0.480 e. The first kappa shape index (κ1) is 26.6. The number of H-pyrrole nitrogens is 1. The first-order valence-corrected chi connectivity index (χ1v) is 11.0. The van der Waals surface area contributed by atoms with E-state index in [1.807, 2.05) is 0 Å². The molecule has 1 aliphatic rings. The standard InChI is InChI=1S/C20H33N9O5/c1-11(27-16(30)13(21)8-12-9-24-10-26-12)18(32)29-7-3-5-15(29)17(31)28-14(19(33)34)4-2-6-25-20(22)23/h9-11,13-15H,2-8,21H2,1H3,(H,24,26)(H,27,30)(H,28,31)(H,33,34)(H4,22,23,25). The highest BCUT2D eigenvalue weighted by atomic mass is 16.4. The number of carbonyl (C=O) groups is 4. The van der Waals surface area contributed by atoms with Gasteiger partial charge in [-0.1, -0.05) is 0 Å². The van der Waals surface area contributed by atoms with Crippen molar-refractivity contribution < 1.29 is 24.3 Å². The van der Waals surface area contributed by atoms with Gasteiger partial charge >= 0.3 is 5.97 Å². The van der Waals surface area contributed by atoms with Crippen LogP contribution in [0.5, 0.6) is 0 Å². The number of aromatic nitrogens is 2. The molecule has 0 aliphatic carbocycles. The monoisotopic (exact) mass is 479 g/mol. The second-order valence-corrected chi connectivity index (χ2v) is 8.16. The minimum absolute atomic E-state index is 0.0977. The molecule has 0 spiro atoms. The van der Waals surface area contributed by atoms with Gasteiger partial charge in [-0.15, -0.1) is 0 Å². The van der Waals surface area contributed by atoms with Crippen molar-refractivity contribution in [2.24, 2.45) is 22.2 Å². The van der Waals surface area contributed by atoms with Crippen LogP contribution < -0.4 is 27.8 Å². The summed E-state index contributed by atoms with van der Waals surface area (Å²) < 4.78 is 0.